The third-order valence-electron chi connectivity index (χ3n) is 3.80. The lowest BCUT2D eigenvalue weighted by atomic mass is 10.1. The molecule has 27 heavy (non-hydrogen) atoms. The predicted octanol–water partition coefficient (Wildman–Crippen LogP) is 2.92. The number of nitrogens with zero attached hydrogens (tertiary/aromatic N) is 1. The van der Waals surface area contributed by atoms with Gasteiger partial charge in [0.1, 0.15) is 5.70 Å². The van der Waals surface area contributed by atoms with Gasteiger partial charge < -0.3 is 19.7 Å². The highest BCUT2D eigenvalue weighted by Gasteiger charge is 2.27. The van der Waals surface area contributed by atoms with Crippen molar-refractivity contribution >= 4 is 29.2 Å². The number of hydrogen-bond donors (Lipinski definition) is 1. The van der Waals surface area contributed by atoms with Crippen molar-refractivity contribution in [2.45, 2.75) is 19.8 Å². The zero-order valence-electron chi connectivity index (χ0n) is 15.5. The second-order valence-electron chi connectivity index (χ2n) is 5.66. The van der Waals surface area contributed by atoms with Crippen molar-refractivity contribution in [2.75, 3.05) is 24.4 Å². The summed E-state index contributed by atoms with van der Waals surface area (Å²) in [4.78, 5) is 37.7. The molecule has 0 radical (unpaired) electrons. The van der Waals surface area contributed by atoms with Gasteiger partial charge in [-0.15, -0.1) is 0 Å². The Morgan fingerprint density at radius 3 is 2.26 bits per heavy atom. The summed E-state index contributed by atoms with van der Waals surface area (Å²) in [5, 5.41) is 2.80. The lowest BCUT2D eigenvalue weighted by Gasteiger charge is -2.23. The molecular weight excluding hydrogens is 348 g/mol. The average molecular weight is 370 g/mol. The molecule has 7 nitrogen and oxygen atoms in total. The molecule has 0 aliphatic carbocycles. The number of hydrogen-bond acceptors (Lipinski definition) is 6. The van der Waals surface area contributed by atoms with Crippen LogP contribution >= 0.6 is 0 Å². The van der Waals surface area contributed by atoms with Gasteiger partial charge in [0, 0.05) is 24.0 Å². The van der Waals surface area contributed by atoms with E-state index in [1.807, 2.05) is 6.92 Å². The normalized spacial score (nSPS) is 13.2. The van der Waals surface area contributed by atoms with Gasteiger partial charge in [0.2, 0.25) is 5.91 Å². The fraction of sp³-hybridized carbons (Fsp3) is 0.250. The Labute approximate surface area is 157 Å². The second kappa shape index (κ2) is 9.38. The van der Waals surface area contributed by atoms with Crippen LogP contribution in [0.2, 0.25) is 0 Å². The van der Waals surface area contributed by atoms with E-state index in [-0.39, 0.29) is 17.2 Å². The average Bonchev–Trinajstić information content (AvgIpc) is 2.90. The number of esters is 2. The van der Waals surface area contributed by atoms with Crippen molar-refractivity contribution in [2.24, 2.45) is 0 Å². The van der Waals surface area contributed by atoms with E-state index in [0.717, 1.165) is 6.42 Å². The molecule has 1 aromatic carbocycles. The number of rotatable bonds is 6. The molecule has 0 saturated carbocycles. The highest BCUT2D eigenvalue weighted by molar-refractivity contribution is 6.05. The molecule has 1 N–H and O–H groups in total. The van der Waals surface area contributed by atoms with E-state index < -0.39 is 11.9 Å². The monoisotopic (exact) mass is 370 g/mol. The molecular formula is C20H22N2O5. The summed E-state index contributed by atoms with van der Waals surface area (Å²) in [7, 11) is 2.49. The quantitative estimate of drug-likeness (QED) is 0.775. The molecule has 0 fully saturated rings. The minimum absolute atomic E-state index is 0.0390. The molecule has 0 saturated heterocycles. The van der Waals surface area contributed by atoms with Crippen LogP contribution in [0.3, 0.4) is 0 Å². The van der Waals surface area contributed by atoms with E-state index in [0.29, 0.717) is 17.8 Å². The molecule has 1 amide bonds. The van der Waals surface area contributed by atoms with E-state index in [9.17, 15) is 14.4 Å². The standard InChI is InChI=1S/C20H22N2O5/c1-4-7-17(23)21-14-9-11-15(12-10-14)22-13-6-5-8-16(19(24)26-2)18(22)20(25)27-3/h5-6,8-13H,4,7H2,1-3H3,(H,21,23). The van der Waals surface area contributed by atoms with Gasteiger partial charge in [0.15, 0.2) is 0 Å². The summed E-state index contributed by atoms with van der Waals surface area (Å²) in [5.41, 5.74) is 1.38. The summed E-state index contributed by atoms with van der Waals surface area (Å²) in [6, 6.07) is 6.91. The van der Waals surface area contributed by atoms with Crippen molar-refractivity contribution in [1.29, 1.82) is 0 Å². The molecule has 0 unspecified atom stereocenters. The van der Waals surface area contributed by atoms with E-state index in [1.54, 1.807) is 42.6 Å². The van der Waals surface area contributed by atoms with Gasteiger partial charge in [0.25, 0.3) is 0 Å². The van der Waals surface area contributed by atoms with Gasteiger partial charge in [0.05, 0.1) is 19.8 Å². The molecule has 2 rings (SSSR count). The summed E-state index contributed by atoms with van der Waals surface area (Å²) in [6.45, 7) is 1.93. The van der Waals surface area contributed by atoms with Crippen LogP contribution in [0, 0.1) is 0 Å². The van der Waals surface area contributed by atoms with E-state index in [1.165, 1.54) is 25.2 Å². The van der Waals surface area contributed by atoms with Crippen molar-refractivity contribution < 1.29 is 23.9 Å². The molecule has 0 aromatic heterocycles. The molecule has 0 spiro atoms. The van der Waals surface area contributed by atoms with Crippen LogP contribution in [-0.2, 0) is 23.9 Å². The lowest BCUT2D eigenvalue weighted by molar-refractivity contribution is -0.139. The summed E-state index contributed by atoms with van der Waals surface area (Å²) >= 11 is 0. The summed E-state index contributed by atoms with van der Waals surface area (Å²) in [5.74, 6) is -1.39. The van der Waals surface area contributed by atoms with Crippen LogP contribution in [0.15, 0.2) is 60.0 Å². The zero-order valence-corrected chi connectivity index (χ0v) is 15.5. The zero-order chi connectivity index (χ0) is 19.8. The number of benzene rings is 1. The fourth-order valence-corrected chi connectivity index (χ4v) is 2.52. The van der Waals surface area contributed by atoms with Gasteiger partial charge in [-0.2, -0.15) is 0 Å². The number of carbonyl (C=O) groups is 3. The SMILES string of the molecule is CCCC(=O)Nc1ccc(N2C=CC=CC(C(=O)OC)=C2C(=O)OC)cc1. The van der Waals surface area contributed by atoms with E-state index >= 15 is 0 Å². The largest absolute Gasteiger partial charge is 0.465 e. The van der Waals surface area contributed by atoms with Gasteiger partial charge in [-0.25, -0.2) is 9.59 Å². The highest BCUT2D eigenvalue weighted by atomic mass is 16.5. The first-order valence-corrected chi connectivity index (χ1v) is 8.46. The third kappa shape index (κ3) is 4.84. The second-order valence-corrected chi connectivity index (χ2v) is 5.66. The van der Waals surface area contributed by atoms with Crippen LogP contribution in [0.5, 0.6) is 0 Å². The molecule has 7 heteroatoms. The van der Waals surface area contributed by atoms with Gasteiger partial charge >= 0.3 is 11.9 Å². The minimum Gasteiger partial charge on any atom is -0.465 e. The number of anilines is 2. The topological polar surface area (TPSA) is 84.9 Å². The van der Waals surface area contributed by atoms with Crippen LogP contribution in [0.4, 0.5) is 11.4 Å². The molecule has 1 heterocycles. The molecule has 0 atom stereocenters. The molecule has 1 aliphatic heterocycles. The molecule has 1 aliphatic rings. The van der Waals surface area contributed by atoms with Crippen LogP contribution < -0.4 is 10.2 Å². The van der Waals surface area contributed by atoms with Crippen LogP contribution in [0.25, 0.3) is 0 Å². The Hall–Kier alpha value is -3.35. The van der Waals surface area contributed by atoms with Crippen molar-refractivity contribution in [3.05, 3.63) is 60.0 Å². The van der Waals surface area contributed by atoms with Crippen molar-refractivity contribution in [1.82, 2.24) is 0 Å². The molecule has 142 valence electrons. The van der Waals surface area contributed by atoms with Crippen LogP contribution in [0.1, 0.15) is 19.8 Å². The first kappa shape index (κ1) is 20.0. The van der Waals surface area contributed by atoms with Gasteiger partial charge in [-0.05, 0) is 42.8 Å². The summed E-state index contributed by atoms with van der Waals surface area (Å²) in [6.07, 6.45) is 7.67. The fourth-order valence-electron chi connectivity index (χ4n) is 2.52. The van der Waals surface area contributed by atoms with Gasteiger partial charge in [-0.1, -0.05) is 13.0 Å². The lowest BCUT2D eigenvalue weighted by Crippen LogP contribution is -2.26. The Morgan fingerprint density at radius 1 is 1.00 bits per heavy atom. The predicted molar refractivity (Wildman–Crippen MR) is 102 cm³/mol. The first-order valence-electron chi connectivity index (χ1n) is 8.46. The van der Waals surface area contributed by atoms with Crippen LogP contribution in [-0.4, -0.2) is 32.1 Å². The maximum atomic E-state index is 12.4. The molecule has 0 bridgehead atoms. The van der Waals surface area contributed by atoms with E-state index in [4.69, 9.17) is 9.47 Å². The first-order chi connectivity index (χ1) is 13.0. The molecule has 1 aromatic rings. The smallest absolute Gasteiger partial charge is 0.355 e. The Morgan fingerprint density at radius 2 is 1.67 bits per heavy atom. The Bertz CT molecular complexity index is 806. The third-order valence-corrected chi connectivity index (χ3v) is 3.80. The number of nitrogens with one attached hydrogen (secondary N) is 1. The number of allylic oxidation sites excluding steroid dienone is 2. The maximum absolute atomic E-state index is 12.4. The Balaban J connectivity index is 2.40. The number of amides is 1. The highest BCUT2D eigenvalue weighted by Crippen LogP contribution is 2.27. The number of methoxy groups -OCH3 is 2. The van der Waals surface area contributed by atoms with E-state index in [2.05, 4.69) is 5.32 Å². The summed E-state index contributed by atoms with van der Waals surface area (Å²) < 4.78 is 9.64. The van der Waals surface area contributed by atoms with Crippen molar-refractivity contribution in [3.8, 4) is 0 Å². The number of ether oxygens (including phenoxy) is 2. The number of carbonyl (C=O) groups excluding carboxylic acids is 3. The van der Waals surface area contributed by atoms with Gasteiger partial charge in [-0.3, -0.25) is 4.79 Å². The maximum Gasteiger partial charge on any atom is 0.355 e. The minimum atomic E-state index is -0.674. The van der Waals surface area contributed by atoms with Crippen molar-refractivity contribution in [3.63, 3.8) is 0 Å². The Kier molecular flexibility index (Phi) is 6.93.